The fourth-order valence-corrected chi connectivity index (χ4v) is 3.41. The maximum atomic E-state index is 14.0. The first-order valence-corrected chi connectivity index (χ1v) is 9.23. The summed E-state index contributed by atoms with van der Waals surface area (Å²) in [6.45, 7) is 1.67. The molecule has 0 atom stereocenters. The average Bonchev–Trinajstić information content (AvgIpc) is 3.02. The molecule has 1 heterocycles. The number of hydrogen-bond donors (Lipinski definition) is 0. The summed E-state index contributed by atoms with van der Waals surface area (Å²) in [5.41, 5.74) is 1.92. The smallest absolute Gasteiger partial charge is 0.373 e. The van der Waals surface area contributed by atoms with Crippen molar-refractivity contribution in [3.8, 4) is 16.9 Å². The molecule has 1 aromatic heterocycles. The van der Waals surface area contributed by atoms with Gasteiger partial charge in [0.05, 0.1) is 4.88 Å². The molecule has 8 heteroatoms. The van der Waals surface area contributed by atoms with Crippen molar-refractivity contribution in [3.05, 3.63) is 74.7 Å². The Balaban J connectivity index is 0.000000878. The summed E-state index contributed by atoms with van der Waals surface area (Å²) in [4.78, 5) is 16.8. The lowest BCUT2D eigenvalue weighted by atomic mass is 10.1. The van der Waals surface area contributed by atoms with E-state index in [1.54, 1.807) is 24.3 Å². The summed E-state index contributed by atoms with van der Waals surface area (Å²) >= 11 is 6.75. The van der Waals surface area contributed by atoms with Crippen LogP contribution < -0.4 is 4.74 Å². The zero-order valence-corrected chi connectivity index (χ0v) is 16.2. The third-order valence-corrected chi connectivity index (χ3v) is 4.90. The quantitative estimate of drug-likeness (QED) is 0.499. The molecule has 0 aliphatic carbocycles. The topological polar surface area (TPSA) is 43.4 Å². The molecule has 0 radical (unpaired) electrons. The fourth-order valence-electron chi connectivity index (χ4n) is 2.47. The Kier molecular flexibility index (Phi) is 7.81. The average molecular weight is 427 g/mol. The SMILES string of the molecule is CCc1cc(F)c(OCc2sc(F)cc2-c2ccc(Cl)cc2)c(F)c1.O=C=O. The zero-order valence-electron chi connectivity index (χ0n) is 14.6. The van der Waals surface area contributed by atoms with Gasteiger partial charge in [-0.2, -0.15) is 14.0 Å². The molecule has 3 aromatic rings. The second-order valence-corrected chi connectivity index (χ2v) is 7.03. The first-order valence-electron chi connectivity index (χ1n) is 8.03. The van der Waals surface area contributed by atoms with Crippen LogP contribution in [0, 0.1) is 16.8 Å². The summed E-state index contributed by atoms with van der Waals surface area (Å²) in [5, 5.41) is 0.170. The molecular weight excluding hydrogens is 413 g/mol. The third-order valence-electron chi connectivity index (χ3n) is 3.75. The van der Waals surface area contributed by atoms with E-state index in [2.05, 4.69) is 0 Å². The number of carbonyl (C=O) groups excluding carboxylic acids is 2. The van der Waals surface area contributed by atoms with Gasteiger partial charge in [0.2, 0.25) is 0 Å². The molecule has 0 bridgehead atoms. The Morgan fingerprint density at radius 1 is 1.04 bits per heavy atom. The van der Waals surface area contributed by atoms with Crippen LogP contribution in [0.3, 0.4) is 0 Å². The Labute approximate surface area is 168 Å². The van der Waals surface area contributed by atoms with Crippen LogP contribution in [0.25, 0.3) is 11.1 Å². The van der Waals surface area contributed by atoms with Gasteiger partial charge in [-0.25, -0.2) is 8.78 Å². The maximum absolute atomic E-state index is 14.0. The molecule has 0 spiro atoms. The van der Waals surface area contributed by atoms with Crippen molar-refractivity contribution in [1.29, 1.82) is 0 Å². The molecule has 146 valence electrons. The second kappa shape index (κ2) is 10.1. The molecular formula is C20H14ClF3O3S. The molecule has 0 aliphatic heterocycles. The van der Waals surface area contributed by atoms with Crippen molar-refractivity contribution in [2.75, 3.05) is 0 Å². The van der Waals surface area contributed by atoms with Crippen molar-refractivity contribution in [2.45, 2.75) is 20.0 Å². The predicted molar refractivity (Wildman–Crippen MR) is 99.8 cm³/mol. The van der Waals surface area contributed by atoms with Crippen molar-refractivity contribution in [1.82, 2.24) is 0 Å². The number of rotatable bonds is 5. The van der Waals surface area contributed by atoms with E-state index in [4.69, 9.17) is 25.9 Å². The van der Waals surface area contributed by atoms with Crippen LogP contribution >= 0.6 is 22.9 Å². The number of aryl methyl sites for hydroxylation is 1. The molecule has 0 amide bonds. The van der Waals surface area contributed by atoms with Gasteiger partial charge >= 0.3 is 6.15 Å². The highest BCUT2D eigenvalue weighted by atomic mass is 35.5. The van der Waals surface area contributed by atoms with Crippen molar-refractivity contribution >= 4 is 29.1 Å². The van der Waals surface area contributed by atoms with Gasteiger partial charge in [0.15, 0.2) is 22.5 Å². The van der Waals surface area contributed by atoms with Crippen molar-refractivity contribution < 1.29 is 27.5 Å². The Hall–Kier alpha value is -2.60. The van der Waals surface area contributed by atoms with E-state index in [0.717, 1.165) is 16.9 Å². The summed E-state index contributed by atoms with van der Waals surface area (Å²) in [5.74, 6) is -1.98. The molecule has 0 saturated carbocycles. The standard InChI is InChI=1S/C19H14ClF3OS.CO2/c1-2-11-7-15(21)19(16(22)8-11)24-10-17-14(9-18(23)25-17)12-3-5-13(20)6-4-12;2-1-3/h3-9H,2,10H2,1H3;. The summed E-state index contributed by atoms with van der Waals surface area (Å²) in [6.07, 6.45) is 0.769. The van der Waals surface area contributed by atoms with Gasteiger partial charge in [-0.3, -0.25) is 0 Å². The lowest BCUT2D eigenvalue weighted by molar-refractivity contribution is -0.191. The van der Waals surface area contributed by atoms with Crippen molar-refractivity contribution in [3.63, 3.8) is 0 Å². The second-order valence-electron chi connectivity index (χ2n) is 5.51. The molecule has 0 unspecified atom stereocenters. The number of hydrogen-bond acceptors (Lipinski definition) is 4. The van der Waals surface area contributed by atoms with E-state index in [0.29, 0.717) is 27.4 Å². The molecule has 3 nitrogen and oxygen atoms in total. The van der Waals surface area contributed by atoms with Crippen LogP contribution in [-0.4, -0.2) is 6.15 Å². The number of halogens is 4. The van der Waals surface area contributed by atoms with E-state index >= 15 is 0 Å². The molecule has 0 fully saturated rings. The Morgan fingerprint density at radius 2 is 1.61 bits per heavy atom. The largest absolute Gasteiger partial charge is 0.482 e. The number of benzene rings is 2. The first kappa shape index (κ1) is 21.7. The van der Waals surface area contributed by atoms with Crippen molar-refractivity contribution in [2.24, 2.45) is 0 Å². The van der Waals surface area contributed by atoms with Gasteiger partial charge in [-0.1, -0.05) is 30.7 Å². The lowest BCUT2D eigenvalue weighted by Gasteiger charge is -2.10. The third kappa shape index (κ3) is 5.45. The van der Waals surface area contributed by atoms with Gasteiger partial charge in [0.25, 0.3) is 0 Å². The Bertz CT molecular complexity index is 958. The van der Waals surface area contributed by atoms with Gasteiger partial charge in [-0.15, -0.1) is 11.3 Å². The van der Waals surface area contributed by atoms with Crippen LogP contribution in [0.15, 0.2) is 42.5 Å². The van der Waals surface area contributed by atoms with E-state index < -0.39 is 22.5 Å². The number of thiophene rings is 1. The van der Waals surface area contributed by atoms with Crippen LogP contribution in [0.1, 0.15) is 17.4 Å². The minimum Gasteiger partial charge on any atom is -0.482 e. The van der Waals surface area contributed by atoms with E-state index in [-0.39, 0.29) is 12.8 Å². The van der Waals surface area contributed by atoms with Crippen LogP contribution in [0.2, 0.25) is 5.02 Å². The monoisotopic (exact) mass is 426 g/mol. The maximum Gasteiger partial charge on any atom is 0.373 e. The zero-order chi connectivity index (χ0) is 20.7. The molecule has 0 saturated heterocycles. The van der Waals surface area contributed by atoms with Gasteiger partial charge in [0, 0.05) is 10.6 Å². The Morgan fingerprint density at radius 3 is 2.14 bits per heavy atom. The molecule has 28 heavy (non-hydrogen) atoms. The highest BCUT2D eigenvalue weighted by Gasteiger charge is 2.16. The summed E-state index contributed by atoms with van der Waals surface area (Å²) in [7, 11) is 0. The predicted octanol–water partition coefficient (Wildman–Crippen LogP) is 6.04. The van der Waals surface area contributed by atoms with Gasteiger partial charge in [-0.05, 0) is 47.9 Å². The summed E-state index contributed by atoms with van der Waals surface area (Å²) in [6, 6.07) is 10.8. The minimum atomic E-state index is -0.762. The molecule has 0 aliphatic rings. The highest BCUT2D eigenvalue weighted by Crippen LogP contribution is 2.33. The van der Waals surface area contributed by atoms with E-state index in [9.17, 15) is 13.2 Å². The normalized spacial score (nSPS) is 10.0. The molecule has 2 aromatic carbocycles. The number of ether oxygens (including phenoxy) is 1. The minimum absolute atomic E-state index is 0.133. The fraction of sp³-hybridized carbons (Fsp3) is 0.150. The van der Waals surface area contributed by atoms with Gasteiger partial charge in [0.1, 0.15) is 6.61 Å². The lowest BCUT2D eigenvalue weighted by Crippen LogP contribution is -2.00. The molecule has 3 rings (SSSR count). The molecule has 0 N–H and O–H groups in total. The summed E-state index contributed by atoms with van der Waals surface area (Å²) < 4.78 is 47.1. The van der Waals surface area contributed by atoms with Gasteiger partial charge < -0.3 is 4.74 Å². The first-order chi connectivity index (χ1) is 13.4. The van der Waals surface area contributed by atoms with Crippen LogP contribution in [-0.2, 0) is 22.6 Å². The van der Waals surface area contributed by atoms with E-state index in [1.165, 1.54) is 18.2 Å². The van der Waals surface area contributed by atoms with E-state index in [1.807, 2.05) is 6.92 Å². The van der Waals surface area contributed by atoms with Crippen LogP contribution in [0.5, 0.6) is 5.75 Å². The highest BCUT2D eigenvalue weighted by molar-refractivity contribution is 7.10. The van der Waals surface area contributed by atoms with Crippen LogP contribution in [0.4, 0.5) is 13.2 Å².